The average Bonchev–Trinajstić information content (AvgIpc) is 2.77. The van der Waals surface area contributed by atoms with E-state index in [1.807, 2.05) is 18.0 Å². The summed E-state index contributed by atoms with van der Waals surface area (Å²) in [5.74, 6) is 0.421. The summed E-state index contributed by atoms with van der Waals surface area (Å²) in [7, 11) is -1.05. The van der Waals surface area contributed by atoms with E-state index in [-0.39, 0.29) is 23.5 Å². The Kier molecular flexibility index (Phi) is 3.32. The molecule has 114 valence electrons. The Bertz CT molecular complexity index is 700. The van der Waals surface area contributed by atoms with E-state index < -0.39 is 9.84 Å². The maximum Gasteiger partial charge on any atom is 0.224 e. The molecule has 3 N–H and O–H groups in total. The summed E-state index contributed by atoms with van der Waals surface area (Å²) < 4.78 is 23.3. The number of carbonyl (C=O) groups excluding carboxylic acids is 1. The molecular weight excluding hydrogens is 290 g/mol. The lowest BCUT2D eigenvalue weighted by atomic mass is 10.0. The summed E-state index contributed by atoms with van der Waals surface area (Å²) in [6.07, 6.45) is 1.79. The predicted molar refractivity (Wildman–Crippen MR) is 83.3 cm³/mol. The van der Waals surface area contributed by atoms with Crippen molar-refractivity contribution in [3.05, 3.63) is 17.7 Å². The van der Waals surface area contributed by atoms with Crippen molar-refractivity contribution in [2.75, 3.05) is 34.5 Å². The highest BCUT2D eigenvalue weighted by Crippen LogP contribution is 2.34. The van der Waals surface area contributed by atoms with Gasteiger partial charge in [0.05, 0.1) is 22.9 Å². The van der Waals surface area contributed by atoms with Gasteiger partial charge < -0.3 is 16.0 Å². The molecule has 0 radical (unpaired) electrons. The Balaban J connectivity index is 1.90. The van der Waals surface area contributed by atoms with Gasteiger partial charge in [-0.15, -0.1) is 0 Å². The van der Waals surface area contributed by atoms with Crippen molar-refractivity contribution < 1.29 is 13.2 Å². The summed E-state index contributed by atoms with van der Waals surface area (Å²) >= 11 is 0. The molecule has 1 saturated heterocycles. The number of nitrogens with two attached hydrogens (primary N) is 1. The van der Waals surface area contributed by atoms with E-state index in [1.54, 1.807) is 6.07 Å². The van der Waals surface area contributed by atoms with Gasteiger partial charge in [0, 0.05) is 25.2 Å². The summed E-state index contributed by atoms with van der Waals surface area (Å²) in [4.78, 5) is 13.4. The first kappa shape index (κ1) is 14.2. The number of amides is 1. The van der Waals surface area contributed by atoms with E-state index in [9.17, 15) is 13.2 Å². The van der Waals surface area contributed by atoms with Crippen molar-refractivity contribution in [2.45, 2.75) is 25.3 Å². The average molecular weight is 309 g/mol. The van der Waals surface area contributed by atoms with Crippen LogP contribution in [0.25, 0.3) is 0 Å². The predicted octanol–water partition coefficient (Wildman–Crippen LogP) is 0.777. The van der Waals surface area contributed by atoms with Crippen molar-refractivity contribution in [3.8, 4) is 0 Å². The lowest BCUT2D eigenvalue weighted by molar-refractivity contribution is -0.116. The van der Waals surface area contributed by atoms with Crippen LogP contribution in [0.4, 0.5) is 17.1 Å². The van der Waals surface area contributed by atoms with Gasteiger partial charge in [0.1, 0.15) is 0 Å². The molecule has 0 saturated carbocycles. The monoisotopic (exact) mass is 309 g/mol. The SMILES string of the molecule is CN(c1cc2c(cc1N)NC(=O)CC2)C1CCS(=O)(=O)C1. The fourth-order valence-corrected chi connectivity index (χ4v) is 4.79. The van der Waals surface area contributed by atoms with Crippen molar-refractivity contribution >= 4 is 32.8 Å². The largest absolute Gasteiger partial charge is 0.397 e. The number of nitrogens with zero attached hydrogens (tertiary/aromatic N) is 1. The number of anilines is 3. The fraction of sp³-hybridized carbons (Fsp3) is 0.500. The Morgan fingerprint density at radius 1 is 1.33 bits per heavy atom. The molecule has 21 heavy (non-hydrogen) atoms. The Labute approximate surface area is 124 Å². The van der Waals surface area contributed by atoms with Crippen LogP contribution in [0.1, 0.15) is 18.4 Å². The maximum atomic E-state index is 11.6. The van der Waals surface area contributed by atoms with E-state index in [1.165, 1.54) is 0 Å². The zero-order valence-electron chi connectivity index (χ0n) is 11.9. The number of nitrogens with one attached hydrogen (secondary N) is 1. The van der Waals surface area contributed by atoms with E-state index in [0.29, 0.717) is 24.9 Å². The molecule has 1 aromatic carbocycles. The standard InChI is InChI=1S/C14H19N3O3S/c1-17(10-4-5-21(19,20)8-10)13-6-9-2-3-14(18)16-12(9)7-11(13)15/h6-7,10H,2-5,8,15H2,1H3,(H,16,18). The summed E-state index contributed by atoms with van der Waals surface area (Å²) in [6.45, 7) is 0. The van der Waals surface area contributed by atoms with Crippen molar-refractivity contribution in [3.63, 3.8) is 0 Å². The number of benzene rings is 1. The van der Waals surface area contributed by atoms with Crippen LogP contribution in [-0.4, -0.2) is 38.9 Å². The second kappa shape index (κ2) is 4.91. The second-order valence-corrected chi connectivity index (χ2v) is 8.01. The molecule has 7 heteroatoms. The topological polar surface area (TPSA) is 92.5 Å². The van der Waals surface area contributed by atoms with E-state index in [4.69, 9.17) is 5.73 Å². The van der Waals surface area contributed by atoms with Crippen LogP contribution in [-0.2, 0) is 21.1 Å². The molecule has 1 fully saturated rings. The van der Waals surface area contributed by atoms with Crippen LogP contribution in [0.15, 0.2) is 12.1 Å². The van der Waals surface area contributed by atoms with Crippen LogP contribution < -0.4 is 16.0 Å². The van der Waals surface area contributed by atoms with Gasteiger partial charge in [0.2, 0.25) is 5.91 Å². The van der Waals surface area contributed by atoms with Gasteiger partial charge in [-0.3, -0.25) is 4.79 Å². The third kappa shape index (κ3) is 2.70. The third-order valence-electron chi connectivity index (χ3n) is 4.28. The zero-order valence-corrected chi connectivity index (χ0v) is 12.7. The Morgan fingerprint density at radius 3 is 2.76 bits per heavy atom. The van der Waals surface area contributed by atoms with Crippen molar-refractivity contribution in [2.24, 2.45) is 0 Å². The molecule has 0 aromatic heterocycles. The van der Waals surface area contributed by atoms with Crippen LogP contribution in [0.2, 0.25) is 0 Å². The van der Waals surface area contributed by atoms with E-state index in [2.05, 4.69) is 5.32 Å². The van der Waals surface area contributed by atoms with Gasteiger partial charge in [0.25, 0.3) is 0 Å². The van der Waals surface area contributed by atoms with E-state index >= 15 is 0 Å². The van der Waals surface area contributed by atoms with Gasteiger partial charge in [-0.05, 0) is 30.5 Å². The molecule has 1 amide bonds. The fourth-order valence-electron chi connectivity index (χ4n) is 3.02. The van der Waals surface area contributed by atoms with Crippen LogP contribution in [0.5, 0.6) is 0 Å². The Hall–Kier alpha value is -1.76. The number of hydrogen-bond donors (Lipinski definition) is 2. The molecule has 6 nitrogen and oxygen atoms in total. The van der Waals surface area contributed by atoms with Crippen LogP contribution in [0, 0.1) is 0 Å². The highest BCUT2D eigenvalue weighted by Gasteiger charge is 2.31. The van der Waals surface area contributed by atoms with Crippen LogP contribution >= 0.6 is 0 Å². The molecule has 0 aliphatic carbocycles. The number of aryl methyl sites for hydroxylation is 1. The maximum absolute atomic E-state index is 11.6. The molecule has 2 aliphatic heterocycles. The smallest absolute Gasteiger partial charge is 0.224 e. The summed E-state index contributed by atoms with van der Waals surface area (Å²) in [5, 5.41) is 2.82. The van der Waals surface area contributed by atoms with Crippen molar-refractivity contribution in [1.29, 1.82) is 0 Å². The molecule has 1 unspecified atom stereocenters. The molecular formula is C14H19N3O3S. The van der Waals surface area contributed by atoms with Gasteiger partial charge in [-0.2, -0.15) is 0 Å². The third-order valence-corrected chi connectivity index (χ3v) is 6.03. The molecule has 0 spiro atoms. The summed E-state index contributed by atoms with van der Waals surface area (Å²) in [5.41, 5.74) is 9.29. The number of fused-ring (bicyclic) bond motifs is 1. The van der Waals surface area contributed by atoms with Gasteiger partial charge >= 0.3 is 0 Å². The zero-order chi connectivity index (χ0) is 15.2. The Morgan fingerprint density at radius 2 is 2.10 bits per heavy atom. The minimum atomic E-state index is -2.93. The number of nitrogen functional groups attached to an aromatic ring is 1. The van der Waals surface area contributed by atoms with E-state index in [0.717, 1.165) is 16.9 Å². The highest BCUT2D eigenvalue weighted by molar-refractivity contribution is 7.91. The second-order valence-electron chi connectivity index (χ2n) is 5.78. The first-order valence-corrected chi connectivity index (χ1v) is 8.83. The number of sulfone groups is 1. The molecule has 1 atom stereocenters. The summed E-state index contributed by atoms with van der Waals surface area (Å²) in [6, 6.07) is 3.70. The normalized spacial score (nSPS) is 23.5. The lowest BCUT2D eigenvalue weighted by Crippen LogP contribution is -2.33. The molecule has 2 aliphatic rings. The highest BCUT2D eigenvalue weighted by atomic mass is 32.2. The number of carbonyl (C=O) groups is 1. The molecule has 2 heterocycles. The first-order chi connectivity index (χ1) is 9.85. The lowest BCUT2D eigenvalue weighted by Gasteiger charge is -2.29. The quantitative estimate of drug-likeness (QED) is 0.788. The molecule has 1 aromatic rings. The minimum Gasteiger partial charge on any atom is -0.397 e. The van der Waals surface area contributed by atoms with Gasteiger partial charge in [0.15, 0.2) is 9.84 Å². The van der Waals surface area contributed by atoms with Gasteiger partial charge in [-0.1, -0.05) is 0 Å². The van der Waals surface area contributed by atoms with Gasteiger partial charge in [-0.25, -0.2) is 8.42 Å². The molecule has 3 rings (SSSR count). The first-order valence-electron chi connectivity index (χ1n) is 7.01. The van der Waals surface area contributed by atoms with Crippen LogP contribution in [0.3, 0.4) is 0 Å². The number of rotatable bonds is 2. The number of hydrogen-bond acceptors (Lipinski definition) is 5. The minimum absolute atomic E-state index is 0.00453. The van der Waals surface area contributed by atoms with Crippen molar-refractivity contribution in [1.82, 2.24) is 0 Å². The molecule has 0 bridgehead atoms.